The fraction of sp³-hybridized carbons (Fsp3) is 0.0938. The number of nitrogens with one attached hydrogen (secondary N) is 1. The van der Waals surface area contributed by atoms with Gasteiger partial charge in [0.15, 0.2) is 0 Å². The molecule has 1 aromatic heterocycles. The Labute approximate surface area is 231 Å². The minimum Gasteiger partial charge on any atom is -0.325 e. The van der Waals surface area contributed by atoms with Crippen molar-refractivity contribution in [3.05, 3.63) is 113 Å². The van der Waals surface area contributed by atoms with Gasteiger partial charge in [0.1, 0.15) is 11.1 Å². The zero-order valence-corrected chi connectivity index (χ0v) is 22.5. The minimum absolute atomic E-state index is 0.161. The van der Waals surface area contributed by atoms with Crippen LogP contribution < -0.4 is 5.32 Å². The predicted molar refractivity (Wildman–Crippen MR) is 157 cm³/mol. The van der Waals surface area contributed by atoms with Crippen molar-refractivity contribution in [2.45, 2.75) is 24.1 Å². The Balaban J connectivity index is 1.52. The summed E-state index contributed by atoms with van der Waals surface area (Å²) in [5.74, 6) is -0.161. The third-order valence-corrected chi connectivity index (χ3v) is 7.64. The molecular weight excluding hydrogens is 510 g/mol. The Kier molecular flexibility index (Phi) is 7.46. The van der Waals surface area contributed by atoms with Crippen LogP contribution in [0.5, 0.6) is 0 Å². The van der Waals surface area contributed by atoms with Gasteiger partial charge in [-0.1, -0.05) is 102 Å². The number of anilines is 1. The fourth-order valence-corrected chi connectivity index (χ4v) is 5.29. The van der Waals surface area contributed by atoms with E-state index in [0.29, 0.717) is 15.6 Å². The summed E-state index contributed by atoms with van der Waals surface area (Å²) < 4.78 is 0. The third-order valence-electron chi connectivity index (χ3n) is 6.31. The largest absolute Gasteiger partial charge is 0.325 e. The van der Waals surface area contributed by atoms with Crippen LogP contribution >= 0.6 is 23.4 Å². The van der Waals surface area contributed by atoms with Gasteiger partial charge < -0.3 is 5.32 Å². The van der Waals surface area contributed by atoms with Gasteiger partial charge in [-0.15, -0.1) is 0 Å². The van der Waals surface area contributed by atoms with Crippen LogP contribution in [0.25, 0.3) is 33.2 Å². The number of halogens is 1. The first kappa shape index (κ1) is 25.5. The van der Waals surface area contributed by atoms with Gasteiger partial charge in [0.2, 0.25) is 5.91 Å². The molecule has 0 saturated heterocycles. The second-order valence-electron chi connectivity index (χ2n) is 9.00. The van der Waals surface area contributed by atoms with E-state index in [1.807, 2.05) is 98.8 Å². The molecule has 4 aromatic carbocycles. The molecule has 38 heavy (non-hydrogen) atoms. The smallest absolute Gasteiger partial charge is 0.237 e. The van der Waals surface area contributed by atoms with E-state index in [1.165, 1.54) is 11.8 Å². The van der Waals surface area contributed by atoms with Crippen LogP contribution in [0, 0.1) is 18.3 Å². The van der Waals surface area contributed by atoms with Crippen molar-refractivity contribution in [1.29, 1.82) is 5.26 Å². The molecule has 1 atom stereocenters. The molecule has 0 aliphatic carbocycles. The van der Waals surface area contributed by atoms with Gasteiger partial charge >= 0.3 is 0 Å². The van der Waals surface area contributed by atoms with Crippen molar-refractivity contribution >= 4 is 45.7 Å². The number of nitriles is 1. The highest BCUT2D eigenvalue weighted by atomic mass is 35.5. The van der Waals surface area contributed by atoms with Gasteiger partial charge in [-0.25, -0.2) is 4.98 Å². The van der Waals surface area contributed by atoms with Gasteiger partial charge in [-0.3, -0.25) is 4.79 Å². The summed E-state index contributed by atoms with van der Waals surface area (Å²) in [5.41, 5.74) is 5.61. The number of hydrogen-bond acceptors (Lipinski definition) is 4. The standard InChI is InChI=1S/C32H24ClN3OS/c1-20-10-12-24(13-11-20)30-18-27(23-14-16-25(33)17-15-23)28(19-34)32(36-30)38-21(2)31(37)35-29-9-5-7-22-6-3-4-8-26(22)29/h3-18,21H,1-2H3,(H,35,37)/t21-/m0/s1. The topological polar surface area (TPSA) is 65.8 Å². The van der Waals surface area contributed by atoms with Crippen molar-refractivity contribution in [2.24, 2.45) is 0 Å². The number of pyridine rings is 1. The van der Waals surface area contributed by atoms with Crippen molar-refractivity contribution < 1.29 is 4.79 Å². The van der Waals surface area contributed by atoms with E-state index in [2.05, 4.69) is 11.4 Å². The maximum atomic E-state index is 13.3. The van der Waals surface area contributed by atoms with E-state index in [0.717, 1.165) is 44.4 Å². The number of fused-ring (bicyclic) bond motifs is 1. The molecule has 6 heteroatoms. The summed E-state index contributed by atoms with van der Waals surface area (Å²) in [5, 5.41) is 15.9. The van der Waals surface area contributed by atoms with E-state index in [4.69, 9.17) is 16.6 Å². The van der Waals surface area contributed by atoms with Gasteiger partial charge in [0.05, 0.1) is 16.5 Å². The second kappa shape index (κ2) is 11.1. The van der Waals surface area contributed by atoms with Crippen LogP contribution in [-0.4, -0.2) is 16.1 Å². The molecule has 0 fully saturated rings. The van der Waals surface area contributed by atoms with E-state index in [-0.39, 0.29) is 5.91 Å². The molecule has 5 rings (SSSR count). The predicted octanol–water partition coefficient (Wildman–Crippen LogP) is 8.52. The zero-order valence-electron chi connectivity index (χ0n) is 20.9. The van der Waals surface area contributed by atoms with Gasteiger partial charge in [0, 0.05) is 27.2 Å². The molecule has 186 valence electrons. The molecule has 5 aromatic rings. The number of amides is 1. The lowest BCUT2D eigenvalue weighted by atomic mass is 9.99. The Hall–Kier alpha value is -4.11. The highest BCUT2D eigenvalue weighted by Gasteiger charge is 2.22. The Bertz CT molecular complexity index is 1670. The average Bonchev–Trinajstić information content (AvgIpc) is 2.93. The van der Waals surface area contributed by atoms with Crippen molar-refractivity contribution in [3.63, 3.8) is 0 Å². The molecule has 1 heterocycles. The lowest BCUT2D eigenvalue weighted by Crippen LogP contribution is -2.22. The lowest BCUT2D eigenvalue weighted by Gasteiger charge is -2.16. The summed E-state index contributed by atoms with van der Waals surface area (Å²) in [7, 11) is 0. The molecule has 0 aliphatic rings. The van der Waals surface area contributed by atoms with E-state index >= 15 is 0 Å². The monoisotopic (exact) mass is 533 g/mol. The molecule has 4 nitrogen and oxygen atoms in total. The highest BCUT2D eigenvalue weighted by Crippen LogP contribution is 2.36. The molecule has 0 unspecified atom stereocenters. The van der Waals surface area contributed by atoms with E-state index in [9.17, 15) is 10.1 Å². The number of benzene rings is 4. The van der Waals surface area contributed by atoms with E-state index in [1.54, 1.807) is 12.1 Å². The number of thioether (sulfide) groups is 1. The molecule has 1 N–H and O–H groups in total. The number of aromatic nitrogens is 1. The molecule has 0 aliphatic heterocycles. The summed E-state index contributed by atoms with van der Waals surface area (Å²) in [6, 6.07) is 33.5. The number of aryl methyl sites for hydroxylation is 1. The van der Waals surface area contributed by atoms with Crippen molar-refractivity contribution in [1.82, 2.24) is 4.98 Å². The van der Waals surface area contributed by atoms with Crippen molar-refractivity contribution in [2.75, 3.05) is 5.32 Å². The summed E-state index contributed by atoms with van der Waals surface area (Å²) in [6.45, 7) is 3.86. The average molecular weight is 534 g/mol. The number of nitrogens with zero attached hydrogens (tertiary/aromatic N) is 2. The summed E-state index contributed by atoms with van der Waals surface area (Å²) >= 11 is 7.41. The van der Waals surface area contributed by atoms with Gasteiger partial charge in [0.25, 0.3) is 0 Å². The quantitative estimate of drug-likeness (QED) is 0.222. The second-order valence-corrected chi connectivity index (χ2v) is 10.8. The Morgan fingerprint density at radius 1 is 0.947 bits per heavy atom. The van der Waals surface area contributed by atoms with Crippen molar-refractivity contribution in [3.8, 4) is 28.5 Å². The van der Waals surface area contributed by atoms with E-state index < -0.39 is 5.25 Å². The van der Waals surface area contributed by atoms with Crippen LogP contribution in [0.2, 0.25) is 5.02 Å². The normalized spacial score (nSPS) is 11.6. The highest BCUT2D eigenvalue weighted by molar-refractivity contribution is 8.00. The SMILES string of the molecule is Cc1ccc(-c2cc(-c3ccc(Cl)cc3)c(C#N)c(S[C@@H](C)C(=O)Nc3cccc4ccccc34)n2)cc1. The molecule has 0 spiro atoms. The molecule has 1 amide bonds. The minimum atomic E-state index is -0.500. The molecule has 0 bridgehead atoms. The van der Waals surface area contributed by atoms with Gasteiger partial charge in [-0.2, -0.15) is 5.26 Å². The summed E-state index contributed by atoms with van der Waals surface area (Å²) in [4.78, 5) is 18.1. The van der Waals surface area contributed by atoms with Crippen LogP contribution in [-0.2, 0) is 4.79 Å². The molecular formula is C32H24ClN3OS. The van der Waals surface area contributed by atoms with Gasteiger partial charge in [-0.05, 0) is 49.1 Å². The lowest BCUT2D eigenvalue weighted by molar-refractivity contribution is -0.115. The Morgan fingerprint density at radius 2 is 1.63 bits per heavy atom. The Morgan fingerprint density at radius 3 is 2.37 bits per heavy atom. The number of carbonyl (C=O) groups is 1. The van der Waals surface area contributed by atoms with Crippen LogP contribution in [0.3, 0.4) is 0 Å². The van der Waals surface area contributed by atoms with Crippen LogP contribution in [0.15, 0.2) is 102 Å². The number of carbonyl (C=O) groups excluding carboxylic acids is 1. The first-order valence-corrected chi connectivity index (χ1v) is 13.4. The zero-order chi connectivity index (χ0) is 26.6. The molecule has 0 saturated carbocycles. The maximum Gasteiger partial charge on any atom is 0.237 e. The maximum absolute atomic E-state index is 13.3. The fourth-order valence-electron chi connectivity index (χ4n) is 4.23. The third kappa shape index (κ3) is 5.43. The first-order valence-electron chi connectivity index (χ1n) is 12.2. The number of rotatable bonds is 6. The van der Waals surface area contributed by atoms with Crippen LogP contribution in [0.4, 0.5) is 5.69 Å². The first-order chi connectivity index (χ1) is 18.4. The molecule has 0 radical (unpaired) electrons. The summed E-state index contributed by atoms with van der Waals surface area (Å²) in [6.07, 6.45) is 0. The van der Waals surface area contributed by atoms with Crippen LogP contribution in [0.1, 0.15) is 18.1 Å². The number of hydrogen-bond donors (Lipinski definition) is 1.